The summed E-state index contributed by atoms with van der Waals surface area (Å²) >= 11 is 1.32. The zero-order chi connectivity index (χ0) is 14.3. The summed E-state index contributed by atoms with van der Waals surface area (Å²) in [5.41, 5.74) is 1.32. The molecule has 0 saturated carbocycles. The molecule has 0 aromatic carbocycles. The fourth-order valence-corrected chi connectivity index (χ4v) is 3.11. The molecule has 1 fully saturated rings. The Balaban J connectivity index is 1.72. The molecule has 1 unspecified atom stereocenters. The number of hydrogen-bond donors (Lipinski definition) is 1. The number of rotatable bonds is 3. The largest absolute Gasteiger partial charge is 0.477 e. The van der Waals surface area contributed by atoms with Crippen LogP contribution in [0.3, 0.4) is 0 Å². The van der Waals surface area contributed by atoms with Crippen molar-refractivity contribution in [1.82, 2.24) is 19.9 Å². The lowest BCUT2D eigenvalue weighted by Gasteiger charge is -2.36. The molecular formula is C12H10N4O3S. The van der Waals surface area contributed by atoms with Crippen LogP contribution in [0.4, 0.5) is 0 Å². The van der Waals surface area contributed by atoms with Gasteiger partial charge in [-0.05, 0) is 6.08 Å². The Morgan fingerprint density at radius 2 is 2.35 bits per heavy atom. The molecule has 3 rings (SSSR count). The Kier molecular flexibility index (Phi) is 2.94. The third-order valence-electron chi connectivity index (χ3n) is 2.92. The first-order valence-electron chi connectivity index (χ1n) is 5.75. The third kappa shape index (κ3) is 1.94. The quantitative estimate of drug-likeness (QED) is 0.647. The van der Waals surface area contributed by atoms with Crippen molar-refractivity contribution in [3.8, 4) is 0 Å². The minimum absolute atomic E-state index is 0.0417. The summed E-state index contributed by atoms with van der Waals surface area (Å²) in [7, 11) is 1.77. The highest BCUT2D eigenvalue weighted by Crippen LogP contribution is 2.44. The van der Waals surface area contributed by atoms with E-state index in [1.807, 2.05) is 0 Å². The van der Waals surface area contributed by atoms with E-state index in [9.17, 15) is 9.59 Å². The summed E-state index contributed by atoms with van der Waals surface area (Å²) < 4.78 is 1.58. The van der Waals surface area contributed by atoms with Crippen LogP contribution in [0.15, 0.2) is 35.0 Å². The Morgan fingerprint density at radius 3 is 3.00 bits per heavy atom. The first-order valence-corrected chi connectivity index (χ1v) is 6.69. The Morgan fingerprint density at radius 1 is 1.55 bits per heavy atom. The van der Waals surface area contributed by atoms with Crippen molar-refractivity contribution in [2.75, 3.05) is 0 Å². The van der Waals surface area contributed by atoms with Crippen LogP contribution < -0.4 is 0 Å². The van der Waals surface area contributed by atoms with Gasteiger partial charge in [-0.1, -0.05) is 17.4 Å². The van der Waals surface area contributed by atoms with Gasteiger partial charge in [-0.25, -0.2) is 4.79 Å². The molecule has 8 heteroatoms. The summed E-state index contributed by atoms with van der Waals surface area (Å²) in [6, 6.07) is 0. The molecular weight excluding hydrogens is 280 g/mol. The average Bonchev–Trinajstić information content (AvgIpc) is 2.98. The summed E-state index contributed by atoms with van der Waals surface area (Å²) in [6.45, 7) is 0. The van der Waals surface area contributed by atoms with E-state index in [2.05, 4.69) is 10.3 Å². The van der Waals surface area contributed by atoms with Gasteiger partial charge in [0.05, 0.1) is 11.8 Å². The van der Waals surface area contributed by atoms with Crippen molar-refractivity contribution in [1.29, 1.82) is 0 Å². The molecule has 2 aliphatic rings. The lowest BCUT2D eigenvalue weighted by Crippen LogP contribution is -2.51. The number of β-lactam (4-membered cyclic amide) rings is 1. The van der Waals surface area contributed by atoms with Gasteiger partial charge in [0.1, 0.15) is 16.8 Å². The second-order valence-corrected chi connectivity index (χ2v) is 5.22. The number of aryl methyl sites for hydroxylation is 1. The zero-order valence-electron chi connectivity index (χ0n) is 10.4. The minimum atomic E-state index is -1.08. The van der Waals surface area contributed by atoms with Crippen molar-refractivity contribution >= 4 is 29.7 Å². The highest BCUT2D eigenvalue weighted by atomic mass is 32.2. The lowest BCUT2D eigenvalue weighted by molar-refractivity contribution is -0.141. The number of aromatic nitrogens is 3. The molecule has 1 atom stereocenters. The molecule has 1 N–H and O–H groups in total. The first-order chi connectivity index (χ1) is 9.58. The van der Waals surface area contributed by atoms with E-state index in [-0.39, 0.29) is 17.0 Å². The number of allylic oxidation sites excluding steroid dienone is 2. The van der Waals surface area contributed by atoms with E-state index >= 15 is 0 Å². The van der Waals surface area contributed by atoms with Crippen LogP contribution in [-0.4, -0.2) is 42.3 Å². The minimum Gasteiger partial charge on any atom is -0.477 e. The molecule has 0 bridgehead atoms. The first kappa shape index (κ1) is 12.7. The third-order valence-corrected chi connectivity index (χ3v) is 4.00. The van der Waals surface area contributed by atoms with Gasteiger partial charge in [0.15, 0.2) is 0 Å². The maximum atomic E-state index is 11.9. The molecule has 1 aromatic heterocycles. The van der Waals surface area contributed by atoms with Gasteiger partial charge < -0.3 is 5.11 Å². The lowest BCUT2D eigenvalue weighted by atomic mass is 10.0. The smallest absolute Gasteiger partial charge is 0.353 e. The Labute approximate surface area is 118 Å². The van der Waals surface area contributed by atoms with E-state index in [1.54, 1.807) is 36.2 Å². The number of fused-ring (bicyclic) bond motifs is 1. The van der Waals surface area contributed by atoms with Crippen LogP contribution in [0.5, 0.6) is 0 Å². The predicted molar refractivity (Wildman–Crippen MR) is 72.1 cm³/mol. The van der Waals surface area contributed by atoms with E-state index < -0.39 is 5.97 Å². The predicted octanol–water partition coefficient (Wildman–Crippen LogP) is 0.596. The molecule has 1 aromatic rings. The number of nitrogens with zero attached hydrogens (tertiary/aromatic N) is 4. The number of carbonyl (C=O) groups is 2. The molecule has 3 heterocycles. The molecule has 1 amide bonds. The van der Waals surface area contributed by atoms with Crippen molar-refractivity contribution < 1.29 is 14.7 Å². The van der Waals surface area contributed by atoms with E-state index in [4.69, 9.17) is 5.11 Å². The second-order valence-electron chi connectivity index (χ2n) is 4.27. The standard InChI is InChI=1S/C12H10N4O3S/c1-15-5-7(13-14-15)3-2-4-8-10(17)16-9(12(18)19)6-20-11(8)16/h2-6,11H,1H3,(H,18,19)/b3-2+,8-4+. The highest BCUT2D eigenvalue weighted by molar-refractivity contribution is 8.03. The van der Waals surface area contributed by atoms with E-state index in [0.29, 0.717) is 11.3 Å². The van der Waals surface area contributed by atoms with Gasteiger partial charge >= 0.3 is 5.97 Å². The van der Waals surface area contributed by atoms with Gasteiger partial charge in [-0.15, -0.1) is 16.9 Å². The number of carbonyl (C=O) groups excluding carboxylic acids is 1. The summed E-state index contributed by atoms with van der Waals surface area (Å²) in [6.07, 6.45) is 6.89. The molecule has 0 radical (unpaired) electrons. The summed E-state index contributed by atoms with van der Waals surface area (Å²) in [5.74, 6) is -1.35. The van der Waals surface area contributed by atoms with Gasteiger partial charge in [0.25, 0.3) is 5.91 Å². The van der Waals surface area contributed by atoms with Crippen molar-refractivity contribution in [3.63, 3.8) is 0 Å². The van der Waals surface area contributed by atoms with Gasteiger partial charge in [0, 0.05) is 12.5 Å². The summed E-state index contributed by atoms with van der Waals surface area (Å²) in [4.78, 5) is 24.1. The number of amides is 1. The number of carboxylic acids is 1. The maximum Gasteiger partial charge on any atom is 0.353 e. The maximum absolute atomic E-state index is 11.9. The molecule has 7 nitrogen and oxygen atoms in total. The monoisotopic (exact) mass is 290 g/mol. The van der Waals surface area contributed by atoms with Gasteiger partial charge in [0.2, 0.25) is 0 Å². The molecule has 1 saturated heterocycles. The van der Waals surface area contributed by atoms with Crippen LogP contribution >= 0.6 is 11.8 Å². The summed E-state index contributed by atoms with van der Waals surface area (Å²) in [5, 5.41) is 17.9. The normalized spacial score (nSPS) is 23.1. The fourth-order valence-electron chi connectivity index (χ4n) is 1.98. The zero-order valence-corrected chi connectivity index (χ0v) is 11.2. The SMILES string of the molecule is Cn1cc(/C=C/C=C2\C(=O)N3C(C(=O)O)=CSC23)nn1. The Bertz CT molecular complexity index is 689. The van der Waals surface area contributed by atoms with Gasteiger partial charge in [-0.2, -0.15) is 0 Å². The van der Waals surface area contributed by atoms with Crippen molar-refractivity contribution in [3.05, 3.63) is 40.7 Å². The molecule has 0 aliphatic carbocycles. The topological polar surface area (TPSA) is 88.3 Å². The van der Waals surface area contributed by atoms with Crippen LogP contribution in [0, 0.1) is 0 Å². The van der Waals surface area contributed by atoms with Crippen LogP contribution in [0.25, 0.3) is 6.08 Å². The Hall–Kier alpha value is -2.35. The number of carboxylic acid groups (broad SMARTS) is 1. The highest BCUT2D eigenvalue weighted by Gasteiger charge is 2.49. The molecule has 102 valence electrons. The van der Waals surface area contributed by atoms with Gasteiger partial charge in [-0.3, -0.25) is 14.4 Å². The number of thioether (sulfide) groups is 1. The second kappa shape index (κ2) is 4.64. The van der Waals surface area contributed by atoms with Crippen LogP contribution in [0.2, 0.25) is 0 Å². The molecule has 20 heavy (non-hydrogen) atoms. The van der Waals surface area contributed by atoms with Crippen molar-refractivity contribution in [2.24, 2.45) is 7.05 Å². The number of aliphatic carboxylic acids is 1. The average molecular weight is 290 g/mol. The van der Waals surface area contributed by atoms with E-state index in [0.717, 1.165) is 0 Å². The fraction of sp³-hybridized carbons (Fsp3) is 0.167. The molecule has 0 spiro atoms. The number of hydrogen-bond acceptors (Lipinski definition) is 5. The van der Waals surface area contributed by atoms with Crippen LogP contribution in [-0.2, 0) is 16.6 Å². The van der Waals surface area contributed by atoms with Crippen molar-refractivity contribution in [2.45, 2.75) is 5.37 Å². The van der Waals surface area contributed by atoms with E-state index in [1.165, 1.54) is 22.1 Å². The molecule has 2 aliphatic heterocycles. The van der Waals surface area contributed by atoms with Crippen LogP contribution in [0.1, 0.15) is 5.69 Å².